The molecule has 0 heterocycles. The summed E-state index contributed by atoms with van der Waals surface area (Å²) in [4.78, 5) is 11.1. The lowest BCUT2D eigenvalue weighted by molar-refractivity contribution is -0.139. The second kappa shape index (κ2) is 5.75. The number of carbonyl (C=O) groups is 1. The monoisotopic (exact) mass is 186 g/mol. The van der Waals surface area contributed by atoms with Crippen LogP contribution in [0.4, 0.5) is 0 Å². The molecule has 0 bridgehead atoms. The van der Waals surface area contributed by atoms with Gasteiger partial charge in [-0.05, 0) is 19.3 Å². The summed E-state index contributed by atoms with van der Waals surface area (Å²) in [5, 5.41) is 9.48. The number of aliphatic hydroxyl groups is 1. The molecule has 0 aromatic rings. The lowest BCUT2D eigenvalue weighted by Gasteiger charge is -2.14. The Morgan fingerprint density at radius 3 is 2.46 bits per heavy atom. The molecule has 1 atom stereocenters. The van der Waals surface area contributed by atoms with Crippen LogP contribution in [0.3, 0.4) is 0 Å². The summed E-state index contributed by atoms with van der Waals surface area (Å²) in [6.45, 7) is 9.48. The first-order valence-electron chi connectivity index (χ1n) is 4.53. The first kappa shape index (κ1) is 12.2. The van der Waals surface area contributed by atoms with Crippen molar-refractivity contribution in [1.29, 1.82) is 0 Å². The molecule has 0 spiro atoms. The van der Waals surface area contributed by atoms with Crippen LogP contribution in [0.1, 0.15) is 27.2 Å². The molecule has 1 N–H and O–H groups in total. The zero-order valence-corrected chi connectivity index (χ0v) is 8.54. The van der Waals surface area contributed by atoms with Gasteiger partial charge in [0.15, 0.2) is 0 Å². The minimum absolute atomic E-state index is 0.149. The van der Waals surface area contributed by atoms with Gasteiger partial charge in [0.25, 0.3) is 0 Å². The highest BCUT2D eigenvalue weighted by atomic mass is 16.5. The normalized spacial score (nSPS) is 12.7. The molecule has 0 aliphatic heterocycles. The van der Waals surface area contributed by atoms with Crippen molar-refractivity contribution in [3.05, 3.63) is 12.2 Å². The number of aliphatic hydroxyl groups excluding tert-OH is 1. The molecular weight excluding hydrogens is 168 g/mol. The molecule has 0 amide bonds. The topological polar surface area (TPSA) is 46.5 Å². The summed E-state index contributed by atoms with van der Waals surface area (Å²) in [5.41, 5.74) is 0.149. The lowest BCUT2D eigenvalue weighted by atomic mass is 10.0. The molecule has 13 heavy (non-hydrogen) atoms. The maximum Gasteiger partial charge on any atom is 0.336 e. The Labute approximate surface area is 79.4 Å². The number of hydrogen-bond donors (Lipinski definition) is 1. The molecule has 0 aromatic carbocycles. The predicted molar refractivity (Wildman–Crippen MR) is 51.2 cm³/mol. The van der Waals surface area contributed by atoms with Gasteiger partial charge in [0.1, 0.15) is 0 Å². The summed E-state index contributed by atoms with van der Waals surface area (Å²) < 4.78 is 4.71. The predicted octanol–water partition coefficient (Wildman–Crippen LogP) is 1.51. The van der Waals surface area contributed by atoms with Crippen LogP contribution in [0.5, 0.6) is 0 Å². The summed E-state index contributed by atoms with van der Waals surface area (Å²) in [7, 11) is 0. The highest BCUT2D eigenvalue weighted by molar-refractivity contribution is 5.88. The van der Waals surface area contributed by atoms with E-state index < -0.39 is 12.1 Å². The average molecular weight is 186 g/mol. The van der Waals surface area contributed by atoms with Gasteiger partial charge in [-0.3, -0.25) is 0 Å². The van der Waals surface area contributed by atoms with E-state index in [0.29, 0.717) is 18.9 Å². The zero-order chi connectivity index (χ0) is 10.4. The van der Waals surface area contributed by atoms with Crippen molar-refractivity contribution in [2.24, 2.45) is 5.92 Å². The Bertz CT molecular complexity index is 185. The fraction of sp³-hybridized carbons (Fsp3) is 0.700. The van der Waals surface area contributed by atoms with Gasteiger partial charge in [-0.15, -0.1) is 0 Å². The van der Waals surface area contributed by atoms with E-state index >= 15 is 0 Å². The number of ether oxygens (including phenoxy) is 1. The van der Waals surface area contributed by atoms with Gasteiger partial charge in [0.2, 0.25) is 0 Å². The van der Waals surface area contributed by atoms with Crippen molar-refractivity contribution in [1.82, 2.24) is 0 Å². The van der Waals surface area contributed by atoms with Gasteiger partial charge in [0, 0.05) is 0 Å². The van der Waals surface area contributed by atoms with E-state index in [1.165, 1.54) is 0 Å². The van der Waals surface area contributed by atoms with Crippen molar-refractivity contribution in [2.75, 3.05) is 6.61 Å². The van der Waals surface area contributed by atoms with Crippen molar-refractivity contribution in [3.8, 4) is 0 Å². The van der Waals surface area contributed by atoms with E-state index in [-0.39, 0.29) is 5.57 Å². The van der Waals surface area contributed by atoms with Crippen LogP contribution < -0.4 is 0 Å². The SMILES string of the molecule is C=C(C(=O)OCC)[C@H](O)CC(C)C. The average Bonchev–Trinajstić information content (AvgIpc) is 2.02. The highest BCUT2D eigenvalue weighted by Crippen LogP contribution is 2.12. The second-order valence-electron chi connectivity index (χ2n) is 3.39. The quantitative estimate of drug-likeness (QED) is 0.523. The van der Waals surface area contributed by atoms with Crippen molar-refractivity contribution < 1.29 is 14.6 Å². The third kappa shape index (κ3) is 4.68. The maximum absolute atomic E-state index is 11.1. The Morgan fingerprint density at radius 1 is 1.54 bits per heavy atom. The molecule has 0 radical (unpaired) electrons. The summed E-state index contributed by atoms with van der Waals surface area (Å²) in [5.74, 6) is -0.170. The van der Waals surface area contributed by atoms with Crippen molar-refractivity contribution in [2.45, 2.75) is 33.3 Å². The fourth-order valence-corrected chi connectivity index (χ4v) is 0.949. The third-order valence-corrected chi connectivity index (χ3v) is 1.63. The van der Waals surface area contributed by atoms with E-state index in [0.717, 1.165) is 0 Å². The van der Waals surface area contributed by atoms with Crippen LogP contribution in [0.25, 0.3) is 0 Å². The molecule has 3 heteroatoms. The van der Waals surface area contributed by atoms with Gasteiger partial charge in [0.05, 0.1) is 18.3 Å². The van der Waals surface area contributed by atoms with E-state index in [4.69, 9.17) is 4.74 Å². The first-order valence-corrected chi connectivity index (χ1v) is 4.53. The van der Waals surface area contributed by atoms with E-state index in [2.05, 4.69) is 6.58 Å². The summed E-state index contributed by atoms with van der Waals surface area (Å²) >= 11 is 0. The number of esters is 1. The molecule has 0 aliphatic carbocycles. The van der Waals surface area contributed by atoms with Gasteiger partial charge >= 0.3 is 5.97 Å². The number of hydrogen-bond acceptors (Lipinski definition) is 3. The highest BCUT2D eigenvalue weighted by Gasteiger charge is 2.18. The van der Waals surface area contributed by atoms with Crippen LogP contribution in [-0.4, -0.2) is 23.8 Å². The standard InChI is InChI=1S/C10H18O3/c1-5-13-10(12)8(4)9(11)6-7(2)3/h7,9,11H,4-6H2,1-3H3/t9-/m1/s1. The Hall–Kier alpha value is -0.830. The van der Waals surface area contributed by atoms with Gasteiger partial charge < -0.3 is 9.84 Å². The molecule has 0 aromatic heterocycles. The Balaban J connectivity index is 4.02. The second-order valence-corrected chi connectivity index (χ2v) is 3.39. The fourth-order valence-electron chi connectivity index (χ4n) is 0.949. The number of carbonyl (C=O) groups excluding carboxylic acids is 1. The lowest BCUT2D eigenvalue weighted by Crippen LogP contribution is -2.20. The van der Waals surface area contributed by atoms with Crippen molar-refractivity contribution >= 4 is 5.97 Å². The summed E-state index contributed by atoms with van der Waals surface area (Å²) in [6, 6.07) is 0. The van der Waals surface area contributed by atoms with E-state index in [1.807, 2.05) is 13.8 Å². The minimum Gasteiger partial charge on any atom is -0.463 e. The molecule has 76 valence electrons. The Morgan fingerprint density at radius 2 is 2.08 bits per heavy atom. The molecule has 0 unspecified atom stereocenters. The molecule has 3 nitrogen and oxygen atoms in total. The van der Waals surface area contributed by atoms with Crippen LogP contribution in [0.15, 0.2) is 12.2 Å². The first-order chi connectivity index (χ1) is 5.99. The van der Waals surface area contributed by atoms with Crippen LogP contribution >= 0.6 is 0 Å². The van der Waals surface area contributed by atoms with E-state index in [1.54, 1.807) is 6.92 Å². The zero-order valence-electron chi connectivity index (χ0n) is 8.54. The van der Waals surface area contributed by atoms with Crippen LogP contribution in [-0.2, 0) is 9.53 Å². The molecule has 0 rings (SSSR count). The summed E-state index contributed by atoms with van der Waals surface area (Å²) in [6.07, 6.45) is -0.239. The largest absolute Gasteiger partial charge is 0.463 e. The smallest absolute Gasteiger partial charge is 0.336 e. The van der Waals surface area contributed by atoms with Crippen LogP contribution in [0.2, 0.25) is 0 Å². The Kier molecular flexibility index (Phi) is 5.39. The molecular formula is C10H18O3. The van der Waals surface area contributed by atoms with Crippen LogP contribution in [0, 0.1) is 5.92 Å². The molecule has 0 aliphatic rings. The van der Waals surface area contributed by atoms with Gasteiger partial charge in [-0.2, -0.15) is 0 Å². The third-order valence-electron chi connectivity index (χ3n) is 1.63. The van der Waals surface area contributed by atoms with Gasteiger partial charge in [-0.1, -0.05) is 20.4 Å². The maximum atomic E-state index is 11.1. The molecule has 0 saturated heterocycles. The van der Waals surface area contributed by atoms with Gasteiger partial charge in [-0.25, -0.2) is 4.79 Å². The number of rotatable bonds is 5. The van der Waals surface area contributed by atoms with Crippen molar-refractivity contribution in [3.63, 3.8) is 0 Å². The molecule has 0 saturated carbocycles. The molecule has 0 fully saturated rings. The minimum atomic E-state index is -0.779. The van der Waals surface area contributed by atoms with E-state index in [9.17, 15) is 9.90 Å².